The summed E-state index contributed by atoms with van der Waals surface area (Å²) in [5, 5.41) is 16.7. The second kappa shape index (κ2) is 11.6. The van der Waals surface area contributed by atoms with Crippen molar-refractivity contribution in [3.63, 3.8) is 0 Å². The molecule has 0 amide bonds. The Labute approximate surface area is 301 Å². The highest BCUT2D eigenvalue weighted by molar-refractivity contribution is 6.43. The number of aromatic hydroxyl groups is 1. The number of phenols is 1. The van der Waals surface area contributed by atoms with Crippen LogP contribution in [-0.2, 0) is 4.74 Å². The number of hydrogen-bond donors (Lipinski definition) is 2. The van der Waals surface area contributed by atoms with Crippen molar-refractivity contribution in [3.05, 3.63) is 51.8 Å². The molecule has 9 rings (SSSR count). The van der Waals surface area contributed by atoms with Gasteiger partial charge in [0.15, 0.2) is 0 Å². The summed E-state index contributed by atoms with van der Waals surface area (Å²) in [5.74, 6) is 2.65. The molecule has 4 aliphatic heterocycles. The largest absolute Gasteiger partial charge is 0.508 e. The second-order valence-electron chi connectivity index (χ2n) is 16.0. The third-order valence-corrected chi connectivity index (χ3v) is 13.0. The van der Waals surface area contributed by atoms with Gasteiger partial charge in [-0.2, -0.15) is 9.97 Å². The van der Waals surface area contributed by atoms with Crippen LogP contribution >= 0.6 is 23.2 Å². The van der Waals surface area contributed by atoms with Crippen molar-refractivity contribution in [2.45, 2.75) is 51.6 Å². The van der Waals surface area contributed by atoms with Gasteiger partial charge >= 0.3 is 6.01 Å². The van der Waals surface area contributed by atoms with E-state index in [2.05, 4.69) is 34.9 Å². The molecule has 5 heterocycles. The van der Waals surface area contributed by atoms with E-state index in [4.69, 9.17) is 49.1 Å². The zero-order valence-electron chi connectivity index (χ0n) is 28.3. The van der Waals surface area contributed by atoms with Gasteiger partial charge < -0.3 is 29.7 Å². The lowest BCUT2D eigenvalue weighted by molar-refractivity contribution is 0.112. The number of anilines is 1. The maximum atomic E-state index is 15.0. The lowest BCUT2D eigenvalue weighted by Crippen LogP contribution is -2.51. The normalized spacial score (nSPS) is 28.4. The van der Waals surface area contributed by atoms with E-state index >= 15 is 4.39 Å². The third-order valence-electron chi connectivity index (χ3n) is 12.3. The smallest absolute Gasteiger partial charge is 0.319 e. The number of nitrogens with zero attached hydrogens (tertiary/aromatic N) is 4. The van der Waals surface area contributed by atoms with Gasteiger partial charge in [-0.05, 0) is 60.9 Å². The topological polar surface area (TPSA) is 83.0 Å². The number of benzene rings is 3. The van der Waals surface area contributed by atoms with Gasteiger partial charge in [-0.15, -0.1) is 6.42 Å². The van der Waals surface area contributed by atoms with Crippen LogP contribution in [0.2, 0.25) is 10.0 Å². The Morgan fingerprint density at radius 1 is 1.08 bits per heavy atom. The molecule has 50 heavy (non-hydrogen) atoms. The van der Waals surface area contributed by atoms with Crippen LogP contribution in [0.4, 0.5) is 10.2 Å². The average Bonchev–Trinajstić information content (AvgIpc) is 3.58. The van der Waals surface area contributed by atoms with Gasteiger partial charge in [0.1, 0.15) is 17.4 Å². The maximum Gasteiger partial charge on any atom is 0.319 e. The van der Waals surface area contributed by atoms with Crippen molar-refractivity contribution in [2.24, 2.45) is 16.2 Å². The number of terminal acetylenes is 1. The first kappa shape index (κ1) is 32.5. The molecule has 5 aliphatic rings. The van der Waals surface area contributed by atoms with E-state index < -0.39 is 5.82 Å². The summed E-state index contributed by atoms with van der Waals surface area (Å²) in [7, 11) is 0. The van der Waals surface area contributed by atoms with E-state index in [0.29, 0.717) is 56.5 Å². The van der Waals surface area contributed by atoms with Gasteiger partial charge in [-0.1, -0.05) is 49.0 Å². The molecule has 3 aromatic carbocycles. The number of rotatable bonds is 7. The zero-order valence-corrected chi connectivity index (χ0v) is 29.8. The van der Waals surface area contributed by atoms with Crippen molar-refractivity contribution < 1.29 is 19.0 Å². The fourth-order valence-electron chi connectivity index (χ4n) is 9.14. The molecule has 4 atom stereocenters. The van der Waals surface area contributed by atoms with Crippen LogP contribution in [0.5, 0.6) is 11.8 Å². The average molecular weight is 717 g/mol. The van der Waals surface area contributed by atoms with Gasteiger partial charge in [0.2, 0.25) is 0 Å². The molecule has 1 saturated carbocycles. The molecule has 8 nitrogen and oxygen atoms in total. The van der Waals surface area contributed by atoms with Crippen LogP contribution < -0.4 is 15.0 Å². The summed E-state index contributed by atoms with van der Waals surface area (Å²) in [4.78, 5) is 14.9. The first-order chi connectivity index (χ1) is 24.0. The number of likely N-dealkylation sites (tertiary alicyclic amines) is 1. The van der Waals surface area contributed by atoms with Crippen LogP contribution in [0.25, 0.3) is 32.8 Å². The summed E-state index contributed by atoms with van der Waals surface area (Å²) in [6.07, 6.45) is 10.2. The van der Waals surface area contributed by atoms with E-state index in [1.54, 1.807) is 12.1 Å². The van der Waals surface area contributed by atoms with E-state index in [-0.39, 0.29) is 38.6 Å². The first-order valence-electron chi connectivity index (χ1n) is 17.5. The molecule has 4 saturated heterocycles. The van der Waals surface area contributed by atoms with Crippen molar-refractivity contribution in [2.75, 3.05) is 57.4 Å². The standard InChI is InChI=1S/C39H40Cl2FN5O3/c1-4-26-30(42)8-5-22-11-25(48)12-27(31(22)26)32-29(40)13-28-34(33(32)41)44-36(45-35(28)47-14-23-6-7-24(15-47)43-23)50-21-39(9-10-39)18-46-16-37(2)19-49-20-38(37,3)17-46/h1,5,8,11-13,23-24,43,48H,6-7,9-10,14-21H2,2-3H3/t23?,24?,37-,38+. The number of fused-ring (bicyclic) bond motifs is 5. The highest BCUT2D eigenvalue weighted by atomic mass is 35.5. The Balaban J connectivity index is 1.12. The van der Waals surface area contributed by atoms with Crippen molar-refractivity contribution in [3.8, 4) is 35.2 Å². The summed E-state index contributed by atoms with van der Waals surface area (Å²) in [6.45, 7) is 11.5. The van der Waals surface area contributed by atoms with E-state index in [9.17, 15) is 5.11 Å². The zero-order chi connectivity index (χ0) is 34.6. The second-order valence-corrected chi connectivity index (χ2v) is 16.8. The molecule has 1 aliphatic carbocycles. The van der Waals surface area contributed by atoms with Crippen LogP contribution in [0.3, 0.4) is 0 Å². The SMILES string of the molecule is C#Cc1c(F)ccc2cc(O)cc(-c3c(Cl)cc4c(N5CC6CCC(C5)N6)nc(OCC5(CN6C[C@]7(C)COC[C@]7(C)C6)CC5)nc4c3Cl)c12. The predicted octanol–water partition coefficient (Wildman–Crippen LogP) is 7.04. The Morgan fingerprint density at radius 2 is 1.80 bits per heavy atom. The summed E-state index contributed by atoms with van der Waals surface area (Å²) >= 11 is 14.4. The lowest BCUT2D eigenvalue weighted by Gasteiger charge is -2.34. The maximum absolute atomic E-state index is 15.0. The monoisotopic (exact) mass is 715 g/mol. The van der Waals surface area contributed by atoms with Crippen molar-refractivity contribution in [1.29, 1.82) is 0 Å². The quantitative estimate of drug-likeness (QED) is 0.197. The fraction of sp³-hybridized carbons (Fsp3) is 0.487. The predicted molar refractivity (Wildman–Crippen MR) is 195 cm³/mol. The van der Waals surface area contributed by atoms with Gasteiger partial charge in [-0.3, -0.25) is 0 Å². The Morgan fingerprint density at radius 3 is 2.48 bits per heavy atom. The lowest BCUT2D eigenvalue weighted by atomic mass is 9.71. The number of hydrogen-bond acceptors (Lipinski definition) is 8. The summed E-state index contributed by atoms with van der Waals surface area (Å²) < 4.78 is 27.5. The van der Waals surface area contributed by atoms with Gasteiger partial charge in [0.25, 0.3) is 0 Å². The molecule has 2 bridgehead atoms. The number of ether oxygens (including phenoxy) is 2. The van der Waals surface area contributed by atoms with Crippen LogP contribution in [0.15, 0.2) is 30.3 Å². The van der Waals surface area contributed by atoms with Gasteiger partial charge in [0, 0.05) is 77.4 Å². The van der Waals surface area contributed by atoms with E-state index in [1.807, 2.05) is 6.07 Å². The molecule has 11 heteroatoms. The number of nitrogens with one attached hydrogen (secondary N) is 1. The molecule has 260 valence electrons. The van der Waals surface area contributed by atoms with Crippen LogP contribution in [0, 0.1) is 34.4 Å². The molecule has 0 radical (unpaired) electrons. The highest BCUT2D eigenvalue weighted by Crippen LogP contribution is 2.54. The Kier molecular flexibility index (Phi) is 7.52. The fourth-order valence-corrected chi connectivity index (χ4v) is 9.84. The minimum absolute atomic E-state index is 0.0233. The number of halogens is 3. The third kappa shape index (κ3) is 5.21. The molecule has 4 aromatic rings. The Hall–Kier alpha value is -3.39. The van der Waals surface area contributed by atoms with Gasteiger partial charge in [0.05, 0.1) is 40.9 Å². The van der Waals surface area contributed by atoms with Gasteiger partial charge in [-0.25, -0.2) is 4.39 Å². The minimum atomic E-state index is -0.545. The van der Waals surface area contributed by atoms with Crippen LogP contribution in [0.1, 0.15) is 45.1 Å². The molecular formula is C39H40Cl2FN5O3. The summed E-state index contributed by atoms with van der Waals surface area (Å²) in [6, 6.07) is 8.77. The molecule has 2 unspecified atom stereocenters. The highest BCUT2D eigenvalue weighted by Gasteiger charge is 2.57. The van der Waals surface area contributed by atoms with Crippen LogP contribution in [-0.4, -0.2) is 84.6 Å². The molecule has 0 spiro atoms. The number of aromatic nitrogens is 2. The molecule has 1 aromatic heterocycles. The number of phenolic OH excluding ortho intramolecular Hbond substituents is 1. The minimum Gasteiger partial charge on any atom is -0.508 e. The number of piperazine rings is 1. The van der Waals surface area contributed by atoms with Crippen molar-refractivity contribution >= 4 is 50.7 Å². The Bertz CT molecular complexity index is 2090. The first-order valence-corrected chi connectivity index (χ1v) is 18.3. The van der Waals surface area contributed by atoms with E-state index in [1.165, 1.54) is 12.1 Å². The van der Waals surface area contributed by atoms with E-state index in [0.717, 1.165) is 77.4 Å². The molecule has 2 N–H and O–H groups in total. The molecular weight excluding hydrogens is 676 g/mol. The van der Waals surface area contributed by atoms with Crippen molar-refractivity contribution in [1.82, 2.24) is 20.2 Å². The summed E-state index contributed by atoms with van der Waals surface area (Å²) in [5.41, 5.74) is 1.77. The molecule has 5 fully saturated rings.